The van der Waals surface area contributed by atoms with Gasteiger partial charge < -0.3 is 16.4 Å². The summed E-state index contributed by atoms with van der Waals surface area (Å²) in [6.45, 7) is 0.352. The van der Waals surface area contributed by atoms with Crippen LogP contribution in [0.15, 0.2) is 24.3 Å². The average Bonchev–Trinajstić information content (AvgIpc) is 2.91. The van der Waals surface area contributed by atoms with Crippen LogP contribution in [-0.2, 0) is 6.42 Å². The molecular weight excluding hydrogens is 314 g/mol. The van der Waals surface area contributed by atoms with E-state index in [9.17, 15) is 14.9 Å². The number of urea groups is 1. The van der Waals surface area contributed by atoms with E-state index in [1.807, 2.05) is 6.07 Å². The van der Waals surface area contributed by atoms with Crippen molar-refractivity contribution in [3.05, 3.63) is 45.6 Å². The predicted molar refractivity (Wildman–Crippen MR) is 86.2 cm³/mol. The number of aromatic amines is 1. The van der Waals surface area contributed by atoms with E-state index < -0.39 is 11.0 Å². The van der Waals surface area contributed by atoms with Gasteiger partial charge in [0.15, 0.2) is 5.82 Å². The number of H-pyrrole nitrogens is 1. The van der Waals surface area contributed by atoms with E-state index in [0.29, 0.717) is 36.3 Å². The van der Waals surface area contributed by atoms with Crippen LogP contribution in [0.2, 0.25) is 0 Å². The summed E-state index contributed by atoms with van der Waals surface area (Å²) in [5.41, 5.74) is 6.69. The monoisotopic (exact) mass is 329 g/mol. The standard InChI is InChI=1S/C14H15N7O3/c15-8-11-12(19-20-13(11)16)5-2-6-17-14(22)18-9-3-1-4-10(7-9)21(23)24/h1,3-4,7H,2,5-6H2,(H3,16,19,20)(H2,17,18,22). The van der Waals surface area contributed by atoms with Gasteiger partial charge in [0.25, 0.3) is 5.69 Å². The Morgan fingerprint density at radius 2 is 2.29 bits per heavy atom. The molecule has 1 aromatic heterocycles. The molecule has 0 saturated carbocycles. The topological polar surface area (TPSA) is 163 Å². The van der Waals surface area contributed by atoms with Gasteiger partial charge in [-0.1, -0.05) is 6.07 Å². The number of hydrogen-bond donors (Lipinski definition) is 4. The van der Waals surface area contributed by atoms with Gasteiger partial charge in [-0.25, -0.2) is 4.79 Å². The molecule has 1 heterocycles. The van der Waals surface area contributed by atoms with Gasteiger partial charge in [0.2, 0.25) is 0 Å². The van der Waals surface area contributed by atoms with Crippen LogP contribution in [0.25, 0.3) is 0 Å². The van der Waals surface area contributed by atoms with E-state index in [2.05, 4.69) is 20.8 Å². The van der Waals surface area contributed by atoms with Crippen LogP contribution in [0.5, 0.6) is 0 Å². The number of hydrogen-bond acceptors (Lipinski definition) is 6. The van der Waals surface area contributed by atoms with Crippen molar-refractivity contribution in [2.75, 3.05) is 17.6 Å². The molecule has 0 atom stereocenters. The fraction of sp³-hybridized carbons (Fsp3) is 0.214. The maximum atomic E-state index is 11.7. The van der Waals surface area contributed by atoms with Crippen molar-refractivity contribution in [3.63, 3.8) is 0 Å². The number of nitrogen functional groups attached to an aromatic ring is 1. The molecule has 0 unspecified atom stereocenters. The Morgan fingerprint density at radius 3 is 3.00 bits per heavy atom. The van der Waals surface area contributed by atoms with Crippen molar-refractivity contribution < 1.29 is 9.72 Å². The quantitative estimate of drug-likeness (QED) is 0.356. The summed E-state index contributed by atoms with van der Waals surface area (Å²) < 4.78 is 0. The molecule has 5 N–H and O–H groups in total. The van der Waals surface area contributed by atoms with E-state index in [4.69, 9.17) is 11.0 Å². The number of carbonyl (C=O) groups is 1. The molecule has 2 rings (SSSR count). The molecule has 2 aromatic rings. The highest BCUT2D eigenvalue weighted by molar-refractivity contribution is 5.89. The van der Waals surface area contributed by atoms with E-state index in [-0.39, 0.29) is 11.5 Å². The van der Waals surface area contributed by atoms with Crippen molar-refractivity contribution >= 4 is 23.2 Å². The van der Waals surface area contributed by atoms with Gasteiger partial charge in [-0.05, 0) is 18.9 Å². The molecule has 0 aliphatic heterocycles. The Balaban J connectivity index is 1.78. The van der Waals surface area contributed by atoms with Gasteiger partial charge in [0.1, 0.15) is 11.6 Å². The van der Waals surface area contributed by atoms with Crippen molar-refractivity contribution in [1.29, 1.82) is 5.26 Å². The first kappa shape index (κ1) is 16.8. The number of amides is 2. The smallest absolute Gasteiger partial charge is 0.319 e. The number of carbonyl (C=O) groups excluding carboxylic acids is 1. The second-order valence-electron chi connectivity index (χ2n) is 4.87. The third-order valence-electron chi connectivity index (χ3n) is 3.18. The molecule has 0 aliphatic rings. The van der Waals surface area contributed by atoms with Crippen LogP contribution in [0.3, 0.4) is 0 Å². The van der Waals surface area contributed by atoms with Crippen molar-refractivity contribution in [3.8, 4) is 6.07 Å². The number of nitriles is 1. The zero-order chi connectivity index (χ0) is 17.5. The molecule has 0 fully saturated rings. The fourth-order valence-corrected chi connectivity index (χ4v) is 2.04. The lowest BCUT2D eigenvalue weighted by molar-refractivity contribution is -0.384. The van der Waals surface area contributed by atoms with Gasteiger partial charge in [-0.2, -0.15) is 10.4 Å². The minimum absolute atomic E-state index is 0.103. The molecule has 24 heavy (non-hydrogen) atoms. The zero-order valence-electron chi connectivity index (χ0n) is 12.6. The van der Waals surface area contributed by atoms with Crippen LogP contribution < -0.4 is 16.4 Å². The minimum atomic E-state index is -0.536. The predicted octanol–water partition coefficient (Wildman–Crippen LogP) is 1.53. The number of nitrogens with two attached hydrogens (primary N) is 1. The molecular formula is C14H15N7O3. The maximum Gasteiger partial charge on any atom is 0.319 e. The zero-order valence-corrected chi connectivity index (χ0v) is 12.6. The summed E-state index contributed by atoms with van der Waals surface area (Å²) in [5, 5.41) is 31.2. The summed E-state index contributed by atoms with van der Waals surface area (Å²) in [4.78, 5) is 21.9. The lowest BCUT2D eigenvalue weighted by atomic mass is 10.1. The molecule has 124 valence electrons. The number of aromatic nitrogens is 2. The first-order chi connectivity index (χ1) is 11.5. The van der Waals surface area contributed by atoms with Crippen LogP contribution in [0, 0.1) is 21.4 Å². The van der Waals surface area contributed by atoms with Crippen molar-refractivity contribution in [2.45, 2.75) is 12.8 Å². The highest BCUT2D eigenvalue weighted by atomic mass is 16.6. The van der Waals surface area contributed by atoms with Gasteiger partial charge in [0.05, 0.1) is 10.6 Å². The average molecular weight is 329 g/mol. The summed E-state index contributed by atoms with van der Waals surface area (Å²) >= 11 is 0. The number of benzene rings is 1. The SMILES string of the molecule is N#Cc1c(N)n[nH]c1CCCNC(=O)Nc1cccc([N+](=O)[O-])c1. The Kier molecular flexibility index (Phi) is 5.30. The second-order valence-corrected chi connectivity index (χ2v) is 4.87. The number of anilines is 2. The van der Waals surface area contributed by atoms with Crippen LogP contribution in [-0.4, -0.2) is 27.7 Å². The summed E-state index contributed by atoms with van der Waals surface area (Å²) in [5.74, 6) is 0.156. The Bertz CT molecular complexity index is 794. The first-order valence-electron chi connectivity index (χ1n) is 7.03. The molecule has 2 amide bonds. The molecule has 0 bridgehead atoms. The highest BCUT2D eigenvalue weighted by Gasteiger charge is 2.10. The highest BCUT2D eigenvalue weighted by Crippen LogP contribution is 2.17. The maximum absolute atomic E-state index is 11.7. The largest absolute Gasteiger partial charge is 0.381 e. The van der Waals surface area contributed by atoms with E-state index in [1.54, 1.807) is 6.07 Å². The Labute approximate surface area is 136 Å². The normalized spacial score (nSPS) is 9.96. The summed E-state index contributed by atoms with van der Waals surface area (Å²) in [6.07, 6.45) is 1.07. The molecule has 0 spiro atoms. The van der Waals surface area contributed by atoms with Crippen LogP contribution in [0.4, 0.5) is 22.0 Å². The molecule has 0 radical (unpaired) electrons. The summed E-state index contributed by atoms with van der Waals surface area (Å²) in [7, 11) is 0. The van der Waals surface area contributed by atoms with Crippen LogP contribution in [0.1, 0.15) is 17.7 Å². The molecule has 0 saturated heterocycles. The van der Waals surface area contributed by atoms with Crippen LogP contribution >= 0.6 is 0 Å². The van der Waals surface area contributed by atoms with Gasteiger partial charge in [0, 0.05) is 24.4 Å². The van der Waals surface area contributed by atoms with Crippen molar-refractivity contribution in [1.82, 2.24) is 15.5 Å². The van der Waals surface area contributed by atoms with E-state index in [1.165, 1.54) is 18.2 Å². The van der Waals surface area contributed by atoms with Gasteiger partial charge >= 0.3 is 6.03 Å². The van der Waals surface area contributed by atoms with E-state index >= 15 is 0 Å². The number of nitro benzene ring substituents is 1. The van der Waals surface area contributed by atoms with Crippen molar-refractivity contribution in [2.24, 2.45) is 0 Å². The Hall–Kier alpha value is -3.61. The molecule has 10 heteroatoms. The summed E-state index contributed by atoms with van der Waals surface area (Å²) in [6, 6.07) is 7.14. The molecule has 10 nitrogen and oxygen atoms in total. The van der Waals surface area contributed by atoms with Gasteiger partial charge in [-0.15, -0.1) is 0 Å². The second kappa shape index (κ2) is 7.59. The molecule has 0 aliphatic carbocycles. The number of non-ortho nitro benzene ring substituents is 1. The minimum Gasteiger partial charge on any atom is -0.381 e. The van der Waals surface area contributed by atoms with E-state index in [0.717, 1.165) is 0 Å². The fourth-order valence-electron chi connectivity index (χ4n) is 2.04. The number of nitrogens with one attached hydrogen (secondary N) is 3. The third-order valence-corrected chi connectivity index (χ3v) is 3.18. The third kappa shape index (κ3) is 4.20. The number of nitro groups is 1. The molecule has 1 aromatic carbocycles. The van der Waals surface area contributed by atoms with Gasteiger partial charge in [-0.3, -0.25) is 15.2 Å². The Morgan fingerprint density at radius 1 is 1.50 bits per heavy atom. The first-order valence-corrected chi connectivity index (χ1v) is 7.03. The lowest BCUT2D eigenvalue weighted by Crippen LogP contribution is -2.29. The lowest BCUT2D eigenvalue weighted by Gasteiger charge is -2.07. The number of rotatable bonds is 6. The number of nitrogens with zero attached hydrogens (tertiary/aromatic N) is 3. The number of aryl methyl sites for hydroxylation is 1.